The molecule has 6 heteroatoms. The van der Waals surface area contributed by atoms with Crippen molar-refractivity contribution in [3.8, 4) is 0 Å². The predicted molar refractivity (Wildman–Crippen MR) is 79.8 cm³/mol. The van der Waals surface area contributed by atoms with Gasteiger partial charge in [-0.25, -0.2) is 0 Å². The van der Waals surface area contributed by atoms with Crippen molar-refractivity contribution >= 4 is 11.9 Å². The zero-order valence-corrected chi connectivity index (χ0v) is 13.5. The van der Waals surface area contributed by atoms with Gasteiger partial charge in [-0.2, -0.15) is 0 Å². The van der Waals surface area contributed by atoms with Crippen LogP contribution in [0.4, 0.5) is 0 Å². The fourth-order valence-electron chi connectivity index (χ4n) is 2.41. The van der Waals surface area contributed by atoms with Gasteiger partial charge < -0.3 is 20.5 Å². The standard InChI is InChI=1S/C15H28N2O4/c1-5-6-17(11-9-21-8-10(11)14(19)20)13(18)7-12(16)15(2,3)4/h10-12H,5-9,16H2,1-4H3,(H,19,20). The van der Waals surface area contributed by atoms with Crippen LogP contribution in [0.15, 0.2) is 0 Å². The summed E-state index contributed by atoms with van der Waals surface area (Å²) in [4.78, 5) is 25.5. The molecule has 21 heavy (non-hydrogen) atoms. The number of amides is 1. The molecule has 0 aromatic carbocycles. The number of hydrogen-bond acceptors (Lipinski definition) is 4. The summed E-state index contributed by atoms with van der Waals surface area (Å²) < 4.78 is 5.27. The van der Waals surface area contributed by atoms with Crippen molar-refractivity contribution in [2.24, 2.45) is 17.1 Å². The third-order valence-corrected chi connectivity index (χ3v) is 4.06. The molecule has 6 nitrogen and oxygen atoms in total. The minimum Gasteiger partial charge on any atom is -0.481 e. The average molecular weight is 300 g/mol. The SMILES string of the molecule is CCCN(C(=O)CC(N)C(C)(C)C)C1COCC1C(=O)O. The molecule has 0 bridgehead atoms. The van der Waals surface area contributed by atoms with Crippen LogP contribution in [0.5, 0.6) is 0 Å². The zero-order valence-electron chi connectivity index (χ0n) is 13.5. The van der Waals surface area contributed by atoms with Crippen LogP contribution in [0.1, 0.15) is 40.5 Å². The molecular formula is C15H28N2O4. The van der Waals surface area contributed by atoms with Crippen LogP contribution in [0.2, 0.25) is 0 Å². The van der Waals surface area contributed by atoms with E-state index in [4.69, 9.17) is 10.5 Å². The number of aliphatic carboxylic acids is 1. The second-order valence-electron chi connectivity index (χ2n) is 6.81. The van der Waals surface area contributed by atoms with Crippen LogP contribution in [-0.4, -0.2) is 53.7 Å². The summed E-state index contributed by atoms with van der Waals surface area (Å²) in [6, 6.07) is -0.642. The molecule has 0 aromatic heterocycles. The number of hydrogen-bond donors (Lipinski definition) is 2. The summed E-state index contributed by atoms with van der Waals surface area (Å²) in [7, 11) is 0. The normalized spacial score (nSPS) is 23.9. The lowest BCUT2D eigenvalue weighted by Gasteiger charge is -2.33. The van der Waals surface area contributed by atoms with E-state index in [-0.39, 0.29) is 43.0 Å². The van der Waals surface area contributed by atoms with Gasteiger partial charge in [0, 0.05) is 19.0 Å². The van der Waals surface area contributed by atoms with Crippen molar-refractivity contribution < 1.29 is 19.4 Å². The largest absolute Gasteiger partial charge is 0.481 e. The Morgan fingerprint density at radius 2 is 2.00 bits per heavy atom. The Balaban J connectivity index is 2.81. The molecule has 3 N–H and O–H groups in total. The molecule has 1 saturated heterocycles. The van der Waals surface area contributed by atoms with E-state index < -0.39 is 11.9 Å². The Morgan fingerprint density at radius 1 is 1.38 bits per heavy atom. The number of carbonyl (C=O) groups excluding carboxylic acids is 1. The Hall–Kier alpha value is -1.14. The molecule has 0 radical (unpaired) electrons. The van der Waals surface area contributed by atoms with Gasteiger partial charge in [0.2, 0.25) is 5.91 Å². The van der Waals surface area contributed by atoms with Gasteiger partial charge in [-0.3, -0.25) is 9.59 Å². The topological polar surface area (TPSA) is 92.9 Å². The zero-order chi connectivity index (χ0) is 16.2. The molecule has 1 aliphatic rings. The van der Waals surface area contributed by atoms with Crippen LogP contribution in [0.3, 0.4) is 0 Å². The summed E-state index contributed by atoms with van der Waals surface area (Å²) in [5.74, 6) is -1.64. The minimum absolute atomic E-state index is 0.0824. The second-order valence-corrected chi connectivity index (χ2v) is 6.81. The fourth-order valence-corrected chi connectivity index (χ4v) is 2.41. The molecule has 1 amide bonds. The number of carboxylic acid groups (broad SMARTS) is 1. The van der Waals surface area contributed by atoms with E-state index in [2.05, 4.69) is 0 Å². The van der Waals surface area contributed by atoms with Crippen molar-refractivity contribution in [2.75, 3.05) is 19.8 Å². The average Bonchev–Trinajstić information content (AvgIpc) is 2.83. The predicted octanol–water partition coefficient (Wildman–Crippen LogP) is 1.09. The second kappa shape index (κ2) is 7.22. The van der Waals surface area contributed by atoms with Gasteiger partial charge in [0.1, 0.15) is 5.92 Å². The third kappa shape index (κ3) is 4.68. The molecule has 1 fully saturated rings. The maximum atomic E-state index is 12.5. The van der Waals surface area contributed by atoms with E-state index >= 15 is 0 Å². The lowest BCUT2D eigenvalue weighted by atomic mass is 9.85. The Labute approximate surface area is 126 Å². The van der Waals surface area contributed by atoms with E-state index in [1.54, 1.807) is 4.90 Å². The Morgan fingerprint density at radius 3 is 2.48 bits per heavy atom. The molecule has 1 heterocycles. The van der Waals surface area contributed by atoms with E-state index in [0.717, 1.165) is 6.42 Å². The number of ether oxygens (including phenoxy) is 1. The van der Waals surface area contributed by atoms with Gasteiger partial charge in [-0.1, -0.05) is 27.7 Å². The van der Waals surface area contributed by atoms with Gasteiger partial charge >= 0.3 is 5.97 Å². The van der Waals surface area contributed by atoms with E-state index in [9.17, 15) is 14.7 Å². The van der Waals surface area contributed by atoms with Crippen molar-refractivity contribution in [3.05, 3.63) is 0 Å². The van der Waals surface area contributed by atoms with Gasteiger partial charge in [-0.15, -0.1) is 0 Å². The molecule has 0 spiro atoms. The van der Waals surface area contributed by atoms with Crippen LogP contribution in [0, 0.1) is 11.3 Å². The molecule has 3 unspecified atom stereocenters. The van der Waals surface area contributed by atoms with Gasteiger partial charge in [0.25, 0.3) is 0 Å². The number of nitrogens with two attached hydrogens (primary N) is 1. The van der Waals surface area contributed by atoms with Crippen molar-refractivity contribution in [1.82, 2.24) is 4.90 Å². The summed E-state index contributed by atoms with van der Waals surface area (Å²) in [5, 5.41) is 9.25. The number of nitrogens with zero attached hydrogens (tertiary/aromatic N) is 1. The number of rotatable bonds is 6. The highest BCUT2D eigenvalue weighted by Crippen LogP contribution is 2.24. The first-order chi connectivity index (χ1) is 9.68. The highest BCUT2D eigenvalue weighted by atomic mass is 16.5. The van der Waals surface area contributed by atoms with E-state index in [0.29, 0.717) is 6.54 Å². The lowest BCUT2D eigenvalue weighted by molar-refractivity contribution is -0.145. The Kier molecular flexibility index (Phi) is 6.16. The summed E-state index contributed by atoms with van der Waals surface area (Å²) in [5.41, 5.74) is 5.92. The van der Waals surface area contributed by atoms with Gasteiger partial charge in [0.05, 0.1) is 19.3 Å². The molecule has 1 aliphatic heterocycles. The molecular weight excluding hydrogens is 272 g/mol. The summed E-state index contributed by atoms with van der Waals surface area (Å²) in [6.07, 6.45) is 1.01. The van der Waals surface area contributed by atoms with Crippen molar-refractivity contribution in [3.63, 3.8) is 0 Å². The fraction of sp³-hybridized carbons (Fsp3) is 0.867. The summed E-state index contributed by atoms with van der Waals surface area (Å²) >= 11 is 0. The first-order valence-corrected chi connectivity index (χ1v) is 7.54. The molecule has 0 aromatic rings. The molecule has 0 aliphatic carbocycles. The summed E-state index contributed by atoms with van der Waals surface area (Å²) in [6.45, 7) is 8.94. The highest BCUT2D eigenvalue weighted by molar-refractivity contribution is 5.79. The van der Waals surface area contributed by atoms with Crippen molar-refractivity contribution in [2.45, 2.75) is 52.6 Å². The van der Waals surface area contributed by atoms with Crippen molar-refractivity contribution in [1.29, 1.82) is 0 Å². The van der Waals surface area contributed by atoms with Crippen LogP contribution in [0.25, 0.3) is 0 Å². The molecule has 0 saturated carbocycles. The third-order valence-electron chi connectivity index (χ3n) is 4.06. The molecule has 1 rings (SSSR count). The number of carbonyl (C=O) groups is 2. The minimum atomic E-state index is -0.911. The first kappa shape index (κ1) is 17.9. The Bertz CT molecular complexity index is 378. The maximum Gasteiger partial charge on any atom is 0.311 e. The van der Waals surface area contributed by atoms with Crippen LogP contribution in [-0.2, 0) is 14.3 Å². The highest BCUT2D eigenvalue weighted by Gasteiger charge is 2.40. The first-order valence-electron chi connectivity index (χ1n) is 7.54. The maximum absolute atomic E-state index is 12.5. The van der Waals surface area contributed by atoms with Crippen LogP contribution < -0.4 is 5.73 Å². The lowest BCUT2D eigenvalue weighted by Crippen LogP contribution is -2.49. The van der Waals surface area contributed by atoms with Gasteiger partial charge in [-0.05, 0) is 11.8 Å². The van der Waals surface area contributed by atoms with Crippen LogP contribution >= 0.6 is 0 Å². The van der Waals surface area contributed by atoms with E-state index in [1.807, 2.05) is 27.7 Å². The number of carboxylic acids is 1. The van der Waals surface area contributed by atoms with Gasteiger partial charge in [0.15, 0.2) is 0 Å². The quantitative estimate of drug-likeness (QED) is 0.766. The van der Waals surface area contributed by atoms with E-state index in [1.165, 1.54) is 0 Å². The molecule has 3 atom stereocenters. The monoisotopic (exact) mass is 300 g/mol. The smallest absolute Gasteiger partial charge is 0.311 e. The molecule has 122 valence electrons.